The normalized spacial score (nSPS) is 14.6. The van der Waals surface area contributed by atoms with Crippen LogP contribution in [-0.2, 0) is 9.59 Å². The summed E-state index contributed by atoms with van der Waals surface area (Å²) in [5.41, 5.74) is 1.22. The molecule has 4 unspecified atom stereocenters. The molecule has 2 aromatic carbocycles. The Morgan fingerprint density at radius 3 is 2.38 bits per heavy atom. The van der Waals surface area contributed by atoms with Gasteiger partial charge < -0.3 is 39.9 Å². The summed E-state index contributed by atoms with van der Waals surface area (Å²) in [4.78, 5) is 36.6. The van der Waals surface area contributed by atoms with Crippen LogP contribution in [-0.4, -0.2) is 72.3 Å². The number of fused-ring (bicyclic) bond motifs is 2. The fourth-order valence-electron chi connectivity index (χ4n) is 2.85. The highest BCUT2D eigenvalue weighted by Gasteiger charge is 2.34. The van der Waals surface area contributed by atoms with Crippen LogP contribution in [0.2, 0.25) is 0 Å². The van der Waals surface area contributed by atoms with Gasteiger partial charge in [0, 0.05) is 11.5 Å². The summed E-state index contributed by atoms with van der Waals surface area (Å²) in [6.07, 6.45) is -8.39. The SMILES string of the molecule is O=CC(O)C(O)C(O)C(O)C(=O)O.O=c1oc2cc(O)ccc2cc1-c1nc2ccccc2s1. The van der Waals surface area contributed by atoms with Gasteiger partial charge in [0.05, 0.1) is 15.8 Å². The number of carbonyl (C=O) groups is 2. The van der Waals surface area contributed by atoms with Crippen molar-refractivity contribution in [2.45, 2.75) is 24.4 Å². The first-order valence-corrected chi connectivity index (χ1v) is 10.5. The molecule has 2 heterocycles. The van der Waals surface area contributed by atoms with Crippen LogP contribution >= 0.6 is 11.3 Å². The summed E-state index contributed by atoms with van der Waals surface area (Å²) < 4.78 is 6.30. The van der Waals surface area contributed by atoms with Crippen molar-refractivity contribution in [3.05, 3.63) is 59.0 Å². The number of hydrogen-bond donors (Lipinski definition) is 6. The van der Waals surface area contributed by atoms with E-state index in [9.17, 15) is 19.5 Å². The number of aliphatic hydroxyl groups excluding tert-OH is 4. The summed E-state index contributed by atoms with van der Waals surface area (Å²) in [5, 5.41) is 54.0. The van der Waals surface area contributed by atoms with E-state index in [1.165, 1.54) is 17.4 Å². The van der Waals surface area contributed by atoms with E-state index in [1.54, 1.807) is 18.2 Å². The van der Waals surface area contributed by atoms with Crippen LogP contribution in [0.4, 0.5) is 0 Å². The Kier molecular flexibility index (Phi) is 7.71. The minimum absolute atomic E-state index is 0.0680. The molecular weight excluding hydrogens is 470 g/mol. The first kappa shape index (κ1) is 25.0. The number of carboxylic acids is 1. The average Bonchev–Trinajstić information content (AvgIpc) is 3.26. The number of aliphatic carboxylic acids is 1. The van der Waals surface area contributed by atoms with E-state index in [-0.39, 0.29) is 12.0 Å². The topological polar surface area (TPSA) is 199 Å². The molecule has 0 amide bonds. The van der Waals surface area contributed by atoms with Gasteiger partial charge in [0.2, 0.25) is 0 Å². The van der Waals surface area contributed by atoms with Gasteiger partial charge in [-0.05, 0) is 30.3 Å². The van der Waals surface area contributed by atoms with Crippen LogP contribution < -0.4 is 5.63 Å². The summed E-state index contributed by atoms with van der Waals surface area (Å²) in [6.45, 7) is 0. The lowest BCUT2D eigenvalue weighted by atomic mass is 10.0. The number of phenolic OH excluding ortho intramolecular Hbond substituents is 1. The van der Waals surface area contributed by atoms with Crippen LogP contribution in [0.25, 0.3) is 31.8 Å². The number of aldehydes is 1. The van der Waals surface area contributed by atoms with Gasteiger partial charge >= 0.3 is 11.6 Å². The number of hydrogen-bond acceptors (Lipinski definition) is 11. The smallest absolute Gasteiger partial charge is 0.346 e. The molecule has 0 aliphatic carbocycles. The zero-order chi connectivity index (χ0) is 25.0. The molecule has 0 saturated heterocycles. The summed E-state index contributed by atoms with van der Waals surface area (Å²) in [7, 11) is 0. The molecule has 0 fully saturated rings. The Hall–Kier alpha value is -3.68. The highest BCUT2D eigenvalue weighted by atomic mass is 32.1. The van der Waals surface area contributed by atoms with Crippen molar-refractivity contribution in [2.24, 2.45) is 0 Å². The molecule has 0 bridgehead atoms. The highest BCUT2D eigenvalue weighted by Crippen LogP contribution is 2.30. The van der Waals surface area contributed by atoms with Crippen LogP contribution in [0.3, 0.4) is 0 Å². The van der Waals surface area contributed by atoms with E-state index >= 15 is 0 Å². The number of phenols is 1. The predicted octanol–water partition coefficient (Wildman–Crippen LogP) is 0.489. The van der Waals surface area contributed by atoms with Gasteiger partial charge in [-0.1, -0.05) is 12.1 Å². The van der Waals surface area contributed by atoms with Gasteiger partial charge in [-0.25, -0.2) is 14.6 Å². The predicted molar refractivity (Wildman–Crippen MR) is 120 cm³/mol. The standard InChI is InChI=1S/C16H9NO3S.C6H10O7/c18-10-6-5-9-7-11(16(19)20-13(9)8-10)15-17-12-3-1-2-4-14(12)21-15;7-1-2(8)3(9)4(10)5(11)6(12)13/h1-8,18H;1-5,8-11H,(H,12,13). The van der Waals surface area contributed by atoms with Crippen LogP contribution in [0.5, 0.6) is 5.75 Å². The van der Waals surface area contributed by atoms with Gasteiger partial charge in [0.15, 0.2) is 12.4 Å². The largest absolute Gasteiger partial charge is 0.508 e. The van der Waals surface area contributed by atoms with Crippen molar-refractivity contribution in [3.63, 3.8) is 0 Å². The van der Waals surface area contributed by atoms with Crippen LogP contribution in [0.15, 0.2) is 57.7 Å². The Balaban J connectivity index is 0.000000218. The zero-order valence-electron chi connectivity index (χ0n) is 17.2. The monoisotopic (exact) mass is 489 g/mol. The lowest BCUT2D eigenvalue weighted by molar-refractivity contribution is -0.163. The number of thiazole rings is 1. The maximum absolute atomic E-state index is 12.1. The first-order chi connectivity index (χ1) is 16.1. The fraction of sp³-hybridized carbons (Fsp3) is 0.182. The Morgan fingerprint density at radius 2 is 1.74 bits per heavy atom. The number of aromatic hydroxyl groups is 1. The lowest BCUT2D eigenvalue weighted by Crippen LogP contribution is -2.48. The Morgan fingerprint density at radius 1 is 1.03 bits per heavy atom. The molecule has 4 atom stereocenters. The van der Waals surface area contributed by atoms with E-state index < -0.39 is 36.0 Å². The summed E-state index contributed by atoms with van der Waals surface area (Å²) in [5.74, 6) is -1.69. The number of aromatic nitrogens is 1. The second kappa shape index (κ2) is 10.5. The van der Waals surface area contributed by atoms with Crippen molar-refractivity contribution >= 4 is 44.8 Å². The van der Waals surface area contributed by atoms with Gasteiger partial charge in [-0.2, -0.15) is 0 Å². The molecule has 0 saturated carbocycles. The van der Waals surface area contributed by atoms with E-state index in [0.717, 1.165) is 15.6 Å². The molecule has 34 heavy (non-hydrogen) atoms. The molecular formula is C22H19NO10S. The number of para-hydroxylation sites is 1. The van der Waals surface area contributed by atoms with Gasteiger partial charge in [0.1, 0.15) is 34.7 Å². The molecule has 4 aromatic rings. The maximum atomic E-state index is 12.1. The molecule has 2 aromatic heterocycles. The van der Waals surface area contributed by atoms with Gasteiger partial charge in [-0.3, -0.25) is 0 Å². The van der Waals surface area contributed by atoms with Gasteiger partial charge in [-0.15, -0.1) is 11.3 Å². The van der Waals surface area contributed by atoms with E-state index in [4.69, 9.17) is 29.9 Å². The second-order valence-electron chi connectivity index (χ2n) is 7.05. The van der Waals surface area contributed by atoms with E-state index in [0.29, 0.717) is 16.2 Å². The van der Waals surface area contributed by atoms with E-state index in [2.05, 4.69) is 4.98 Å². The number of carbonyl (C=O) groups excluding carboxylic acids is 1. The zero-order valence-corrected chi connectivity index (χ0v) is 18.0. The van der Waals surface area contributed by atoms with Crippen molar-refractivity contribution in [2.75, 3.05) is 0 Å². The molecule has 11 nitrogen and oxygen atoms in total. The lowest BCUT2D eigenvalue weighted by Gasteiger charge is -2.21. The Bertz CT molecular complexity index is 1350. The number of benzene rings is 2. The average molecular weight is 489 g/mol. The number of rotatable bonds is 6. The minimum Gasteiger partial charge on any atom is -0.508 e. The third kappa shape index (κ3) is 5.44. The molecule has 12 heteroatoms. The first-order valence-electron chi connectivity index (χ1n) is 9.65. The number of nitrogens with zero attached hydrogens (tertiary/aromatic N) is 1. The van der Waals surface area contributed by atoms with E-state index in [1.807, 2.05) is 24.3 Å². The third-order valence-corrected chi connectivity index (χ3v) is 5.73. The number of aliphatic hydroxyl groups is 4. The van der Waals surface area contributed by atoms with Crippen LogP contribution in [0.1, 0.15) is 0 Å². The van der Waals surface area contributed by atoms with Gasteiger partial charge in [0.25, 0.3) is 0 Å². The summed E-state index contributed by atoms with van der Waals surface area (Å²) in [6, 6.07) is 14.2. The quantitative estimate of drug-likeness (QED) is 0.163. The highest BCUT2D eigenvalue weighted by molar-refractivity contribution is 7.21. The molecule has 178 valence electrons. The number of carboxylic acid groups (broad SMARTS) is 1. The van der Waals surface area contributed by atoms with Crippen molar-refractivity contribution < 1.29 is 44.6 Å². The molecule has 0 aliphatic heterocycles. The Labute approximate surface area is 194 Å². The fourth-order valence-corrected chi connectivity index (χ4v) is 3.82. The van der Waals surface area contributed by atoms with Crippen LogP contribution in [0, 0.1) is 0 Å². The van der Waals surface area contributed by atoms with Crippen molar-refractivity contribution in [1.82, 2.24) is 4.98 Å². The minimum atomic E-state index is -2.25. The van der Waals surface area contributed by atoms with Crippen molar-refractivity contribution in [1.29, 1.82) is 0 Å². The molecule has 0 spiro atoms. The molecule has 0 aliphatic rings. The van der Waals surface area contributed by atoms with Crippen molar-refractivity contribution in [3.8, 4) is 16.3 Å². The molecule has 6 N–H and O–H groups in total. The third-order valence-electron chi connectivity index (χ3n) is 4.66. The second-order valence-corrected chi connectivity index (χ2v) is 8.08. The summed E-state index contributed by atoms with van der Waals surface area (Å²) >= 11 is 1.46. The maximum Gasteiger partial charge on any atom is 0.346 e. The molecule has 0 radical (unpaired) electrons. The molecule has 4 rings (SSSR count).